The van der Waals surface area contributed by atoms with Gasteiger partial charge in [0.05, 0.1) is 11.7 Å². The highest BCUT2D eigenvalue weighted by molar-refractivity contribution is 8.14. The summed E-state index contributed by atoms with van der Waals surface area (Å²) < 4.78 is 0. The fourth-order valence-electron chi connectivity index (χ4n) is 3.79. The largest absolute Gasteiger partial charge is 0.338 e. The fraction of sp³-hybridized carbons (Fsp3) is 0.429. The third kappa shape index (κ3) is 2.97. The van der Waals surface area contributed by atoms with Crippen LogP contribution in [0.4, 0.5) is 0 Å². The number of hydrogen-bond donors (Lipinski definition) is 0. The average molecular weight is 352 g/mol. The van der Waals surface area contributed by atoms with E-state index in [1.165, 1.54) is 16.3 Å². The summed E-state index contributed by atoms with van der Waals surface area (Å²) in [6.07, 6.45) is 3.03. The Morgan fingerprint density at radius 2 is 1.96 bits per heavy atom. The molecule has 0 amide bonds. The van der Waals surface area contributed by atoms with Crippen LogP contribution in [-0.4, -0.2) is 26.8 Å². The van der Waals surface area contributed by atoms with Crippen LogP contribution in [0.3, 0.4) is 0 Å². The summed E-state index contributed by atoms with van der Waals surface area (Å²) in [4.78, 5) is 12.2. The molecule has 0 spiro atoms. The van der Waals surface area contributed by atoms with Crippen molar-refractivity contribution >= 4 is 16.9 Å². The van der Waals surface area contributed by atoms with E-state index < -0.39 is 0 Å². The van der Waals surface area contributed by atoms with E-state index in [0.717, 1.165) is 17.9 Å². The van der Waals surface area contributed by atoms with E-state index in [1.807, 2.05) is 24.0 Å². The minimum Gasteiger partial charge on any atom is -0.338 e. The Morgan fingerprint density at radius 3 is 2.60 bits per heavy atom. The highest BCUT2D eigenvalue weighted by atomic mass is 32.2. The zero-order valence-electron chi connectivity index (χ0n) is 15.1. The van der Waals surface area contributed by atoms with Crippen molar-refractivity contribution in [3.63, 3.8) is 0 Å². The smallest absolute Gasteiger partial charge is 0.160 e. The highest BCUT2D eigenvalue weighted by Gasteiger charge is 2.45. The zero-order chi connectivity index (χ0) is 17.4. The van der Waals surface area contributed by atoms with E-state index in [1.54, 1.807) is 0 Å². The maximum Gasteiger partial charge on any atom is 0.160 e. The predicted molar refractivity (Wildman–Crippen MR) is 106 cm³/mol. The Balaban J connectivity index is 1.75. The van der Waals surface area contributed by atoms with Crippen molar-refractivity contribution in [3.8, 4) is 0 Å². The lowest BCUT2D eigenvalue weighted by molar-refractivity contribution is 0.255. The summed E-state index contributed by atoms with van der Waals surface area (Å²) in [7, 11) is 0. The highest BCUT2D eigenvalue weighted by Crippen LogP contribution is 2.48. The lowest BCUT2D eigenvalue weighted by Gasteiger charge is -2.32. The summed E-state index contributed by atoms with van der Waals surface area (Å²) in [5.41, 5.74) is 3.80. The Bertz CT molecular complexity index is 754. The Labute approximate surface area is 154 Å². The summed E-state index contributed by atoms with van der Waals surface area (Å²) in [6, 6.07) is 16.2. The molecular formula is C21H25N3S. The molecule has 3 nitrogen and oxygen atoms in total. The molecule has 0 unspecified atom stereocenters. The van der Waals surface area contributed by atoms with Crippen molar-refractivity contribution in [1.82, 2.24) is 9.88 Å². The Hall–Kier alpha value is -1.81. The summed E-state index contributed by atoms with van der Waals surface area (Å²) in [5.74, 6) is 1.70. The van der Waals surface area contributed by atoms with Crippen LogP contribution in [0.5, 0.6) is 0 Å². The first-order chi connectivity index (χ1) is 12.2. The molecule has 1 aromatic heterocycles. The lowest BCUT2D eigenvalue weighted by Crippen LogP contribution is -2.35. The van der Waals surface area contributed by atoms with Gasteiger partial charge in [0, 0.05) is 18.0 Å². The van der Waals surface area contributed by atoms with E-state index in [2.05, 4.69) is 67.1 Å². The third-order valence-electron chi connectivity index (χ3n) is 5.27. The second-order valence-corrected chi connectivity index (χ2v) is 8.14. The molecule has 25 heavy (non-hydrogen) atoms. The number of thioether (sulfide) groups is 1. The van der Waals surface area contributed by atoms with Gasteiger partial charge in [0.2, 0.25) is 0 Å². The van der Waals surface area contributed by atoms with Crippen molar-refractivity contribution < 1.29 is 0 Å². The second-order valence-electron chi connectivity index (χ2n) is 7.16. The van der Waals surface area contributed by atoms with Crippen LogP contribution >= 0.6 is 11.8 Å². The lowest BCUT2D eigenvalue weighted by atomic mass is 9.93. The molecule has 0 N–H and O–H groups in total. The molecule has 2 aromatic rings. The van der Waals surface area contributed by atoms with Crippen LogP contribution in [0.1, 0.15) is 62.0 Å². The first-order valence-electron chi connectivity index (χ1n) is 9.18. The second kappa shape index (κ2) is 6.83. The number of aromatic nitrogens is 1. The number of amidine groups is 1. The maximum absolute atomic E-state index is 5.08. The molecule has 0 aliphatic carbocycles. The van der Waals surface area contributed by atoms with Gasteiger partial charge in [0.15, 0.2) is 5.17 Å². The number of fused-ring (bicyclic) bond motifs is 1. The Morgan fingerprint density at radius 1 is 1.16 bits per heavy atom. The summed E-state index contributed by atoms with van der Waals surface area (Å²) >= 11 is 1.90. The van der Waals surface area contributed by atoms with Gasteiger partial charge in [0.25, 0.3) is 0 Å². The monoisotopic (exact) mass is 351 g/mol. The van der Waals surface area contributed by atoms with E-state index in [9.17, 15) is 0 Å². The van der Waals surface area contributed by atoms with Gasteiger partial charge in [-0.05, 0) is 35.6 Å². The third-order valence-corrected chi connectivity index (χ3v) is 6.40. The number of benzene rings is 1. The molecule has 1 aromatic carbocycles. The fourth-order valence-corrected chi connectivity index (χ4v) is 5.13. The molecule has 0 radical (unpaired) electrons. The van der Waals surface area contributed by atoms with Crippen molar-refractivity contribution in [2.45, 2.75) is 51.2 Å². The van der Waals surface area contributed by atoms with Gasteiger partial charge in [-0.3, -0.25) is 9.98 Å². The average Bonchev–Trinajstić information content (AvgIpc) is 3.21. The van der Waals surface area contributed by atoms with E-state index in [-0.39, 0.29) is 12.1 Å². The van der Waals surface area contributed by atoms with Crippen LogP contribution in [0.25, 0.3) is 0 Å². The van der Waals surface area contributed by atoms with Crippen molar-refractivity contribution in [2.24, 2.45) is 4.99 Å². The Kier molecular flexibility index (Phi) is 4.55. The first kappa shape index (κ1) is 16.6. The zero-order valence-corrected chi connectivity index (χ0v) is 15.9. The van der Waals surface area contributed by atoms with Gasteiger partial charge in [-0.2, -0.15) is 0 Å². The summed E-state index contributed by atoms with van der Waals surface area (Å²) in [5, 5.41) is 1.19. The minimum absolute atomic E-state index is 0.0861. The molecule has 0 saturated carbocycles. The minimum atomic E-state index is 0.0861. The first-order valence-corrected chi connectivity index (χ1v) is 10.2. The van der Waals surface area contributed by atoms with Gasteiger partial charge < -0.3 is 4.90 Å². The van der Waals surface area contributed by atoms with Crippen LogP contribution in [0.2, 0.25) is 0 Å². The van der Waals surface area contributed by atoms with Crippen molar-refractivity contribution in [1.29, 1.82) is 0 Å². The van der Waals surface area contributed by atoms with Gasteiger partial charge in [0.1, 0.15) is 6.04 Å². The van der Waals surface area contributed by atoms with Crippen LogP contribution in [0, 0.1) is 0 Å². The molecular weight excluding hydrogens is 326 g/mol. The van der Waals surface area contributed by atoms with E-state index >= 15 is 0 Å². The van der Waals surface area contributed by atoms with Crippen LogP contribution in [0.15, 0.2) is 53.7 Å². The SMILES string of the molecule is CC[C@@H]1CSC2=N[C@H](c3ccccn3)[C@@H](c3ccc(C(C)C)cc3)N21. The van der Waals surface area contributed by atoms with Crippen LogP contribution in [-0.2, 0) is 0 Å². The number of aliphatic imine (C=N–C) groups is 1. The van der Waals surface area contributed by atoms with Crippen molar-refractivity contribution in [2.75, 3.05) is 5.75 Å². The molecule has 1 saturated heterocycles. The normalized spacial score (nSPS) is 25.4. The quantitative estimate of drug-likeness (QED) is 0.759. The topological polar surface area (TPSA) is 28.5 Å². The van der Waals surface area contributed by atoms with Crippen molar-refractivity contribution in [3.05, 3.63) is 65.5 Å². The molecule has 4 heteroatoms. The van der Waals surface area contributed by atoms with E-state index in [4.69, 9.17) is 4.99 Å². The number of hydrogen-bond acceptors (Lipinski definition) is 4. The number of nitrogens with zero attached hydrogens (tertiary/aromatic N) is 3. The summed E-state index contributed by atoms with van der Waals surface area (Å²) in [6.45, 7) is 6.76. The molecule has 3 atom stereocenters. The maximum atomic E-state index is 5.08. The van der Waals surface area contributed by atoms with Gasteiger partial charge in [-0.25, -0.2) is 0 Å². The molecule has 2 aliphatic heterocycles. The molecule has 3 heterocycles. The number of rotatable bonds is 4. The molecule has 2 aliphatic rings. The van der Waals surface area contributed by atoms with Crippen LogP contribution < -0.4 is 0 Å². The molecule has 130 valence electrons. The number of pyridine rings is 1. The standard InChI is InChI=1S/C21H25N3S/c1-4-17-13-25-21-23-19(18-7-5-6-12-22-18)20(24(17)21)16-10-8-15(9-11-16)14(2)3/h5-12,14,17,19-20H,4,13H2,1-3H3/t17-,19-,20-/m1/s1. The van der Waals surface area contributed by atoms with Gasteiger partial charge in [-0.15, -0.1) is 0 Å². The molecule has 0 bridgehead atoms. The predicted octanol–water partition coefficient (Wildman–Crippen LogP) is 5.18. The van der Waals surface area contributed by atoms with Gasteiger partial charge in [-0.1, -0.05) is 62.9 Å². The molecule has 4 rings (SSSR count). The molecule has 1 fully saturated rings. The van der Waals surface area contributed by atoms with Gasteiger partial charge >= 0.3 is 0 Å². The van der Waals surface area contributed by atoms with E-state index in [0.29, 0.717) is 12.0 Å².